The average molecular weight is 642 g/mol. The van der Waals surface area contributed by atoms with Gasteiger partial charge in [0.05, 0.1) is 23.0 Å². The lowest BCUT2D eigenvalue weighted by Crippen LogP contribution is -2.28. The molecule has 9 rings (SSSR count). The lowest BCUT2D eigenvalue weighted by Gasteiger charge is -2.36. The van der Waals surface area contributed by atoms with E-state index >= 15 is 0 Å². The zero-order chi connectivity index (χ0) is 33.5. The highest BCUT2D eigenvalue weighted by atomic mass is 14.9. The van der Waals surface area contributed by atoms with E-state index in [1.165, 1.54) is 47.1 Å². The number of aromatic nitrogens is 2. The number of nitrogens with zero attached hydrogens (tertiary/aromatic N) is 3. The van der Waals surface area contributed by atoms with Crippen LogP contribution in [0.3, 0.4) is 0 Å². The molecule has 6 aromatic carbocycles. The van der Waals surface area contributed by atoms with Gasteiger partial charge in [-0.25, -0.2) is 9.97 Å². The van der Waals surface area contributed by atoms with Gasteiger partial charge in [-0.3, -0.25) is 0 Å². The molecule has 2 aliphatic carbocycles. The summed E-state index contributed by atoms with van der Waals surface area (Å²) in [7, 11) is 0. The highest BCUT2D eigenvalue weighted by Gasteiger charge is 2.44. The third kappa shape index (κ3) is 5.13. The molecular weight excluding hydrogens is 607 g/mol. The van der Waals surface area contributed by atoms with Gasteiger partial charge in [0.15, 0.2) is 5.82 Å². The maximum absolute atomic E-state index is 9.79. The summed E-state index contributed by atoms with van der Waals surface area (Å²) in [6.07, 6.45) is 5.98. The van der Waals surface area contributed by atoms with Crippen molar-refractivity contribution >= 4 is 0 Å². The molecule has 0 N–H and O–H groups in total. The molecule has 2 aliphatic rings. The molecule has 0 aliphatic heterocycles. The van der Waals surface area contributed by atoms with E-state index in [1.54, 1.807) is 0 Å². The number of fused-ring (bicyclic) bond motifs is 5. The largest absolute Gasteiger partial charge is 0.228 e. The highest BCUT2D eigenvalue weighted by Crippen LogP contribution is 2.56. The van der Waals surface area contributed by atoms with Gasteiger partial charge in [0, 0.05) is 22.1 Å². The van der Waals surface area contributed by atoms with Crippen LogP contribution < -0.4 is 0 Å². The van der Waals surface area contributed by atoms with Crippen molar-refractivity contribution in [2.75, 3.05) is 0 Å². The normalized spacial score (nSPS) is 14.1. The second-order valence-electron chi connectivity index (χ2n) is 13.6. The number of hydrogen-bond donors (Lipinski definition) is 0. The fourth-order valence-electron chi connectivity index (χ4n) is 8.33. The standard InChI is InChI=1S/C47H35N3/c48-31-32-21-23-39-41-29-36(22-24-42(41)47(43(39)27-32)25-10-3-11-26-47)38-19-8-9-20-40(38)45-30-44(49-46(50-45)34-15-6-2-7-16-34)37-18-12-17-35(28-37)33-13-4-1-5-14-33/h1-2,4-9,12-24,27-30H,3,10-11,25-26H2. The van der Waals surface area contributed by atoms with Gasteiger partial charge in [-0.2, -0.15) is 5.26 Å². The molecular formula is C47H35N3. The Labute approximate surface area is 293 Å². The third-order valence-corrected chi connectivity index (χ3v) is 10.7. The number of rotatable bonds is 5. The fourth-order valence-corrected chi connectivity index (χ4v) is 8.33. The van der Waals surface area contributed by atoms with E-state index in [9.17, 15) is 5.26 Å². The van der Waals surface area contributed by atoms with Crippen LogP contribution in [-0.2, 0) is 5.41 Å². The van der Waals surface area contributed by atoms with E-state index in [1.807, 2.05) is 30.3 Å². The monoisotopic (exact) mass is 641 g/mol. The Bertz CT molecular complexity index is 2410. The van der Waals surface area contributed by atoms with E-state index in [0.717, 1.165) is 63.2 Å². The zero-order valence-corrected chi connectivity index (χ0v) is 27.8. The van der Waals surface area contributed by atoms with Crippen molar-refractivity contribution in [3.05, 3.63) is 168 Å². The molecule has 1 fully saturated rings. The van der Waals surface area contributed by atoms with Crippen LogP contribution in [0.15, 0.2) is 152 Å². The first-order valence-corrected chi connectivity index (χ1v) is 17.6. The van der Waals surface area contributed by atoms with Crippen LogP contribution in [0.4, 0.5) is 0 Å². The van der Waals surface area contributed by atoms with Crippen molar-refractivity contribution in [1.82, 2.24) is 9.97 Å². The number of nitriles is 1. The van der Waals surface area contributed by atoms with Gasteiger partial charge in [0.2, 0.25) is 0 Å². The molecule has 1 spiro atoms. The van der Waals surface area contributed by atoms with Gasteiger partial charge in [0.1, 0.15) is 0 Å². The van der Waals surface area contributed by atoms with Gasteiger partial charge >= 0.3 is 0 Å². The molecule has 1 aromatic heterocycles. The summed E-state index contributed by atoms with van der Waals surface area (Å²) in [5.74, 6) is 0.702. The summed E-state index contributed by atoms with van der Waals surface area (Å²) in [6, 6.07) is 55.9. The number of benzene rings is 6. The fraction of sp³-hybridized carbons (Fsp3) is 0.128. The van der Waals surface area contributed by atoms with Gasteiger partial charge < -0.3 is 0 Å². The topological polar surface area (TPSA) is 49.6 Å². The predicted molar refractivity (Wildman–Crippen MR) is 203 cm³/mol. The predicted octanol–water partition coefficient (Wildman–Crippen LogP) is 11.9. The molecule has 0 atom stereocenters. The highest BCUT2D eigenvalue weighted by molar-refractivity contribution is 5.90. The van der Waals surface area contributed by atoms with E-state index < -0.39 is 0 Å². The molecule has 238 valence electrons. The Morgan fingerprint density at radius 2 is 1.12 bits per heavy atom. The maximum atomic E-state index is 9.79. The lowest BCUT2D eigenvalue weighted by molar-refractivity contribution is 0.353. The number of hydrogen-bond acceptors (Lipinski definition) is 3. The minimum absolute atomic E-state index is 0.00570. The zero-order valence-electron chi connectivity index (χ0n) is 27.8. The van der Waals surface area contributed by atoms with Crippen LogP contribution in [0.2, 0.25) is 0 Å². The summed E-state index contributed by atoms with van der Waals surface area (Å²) in [5, 5.41) is 9.79. The van der Waals surface area contributed by atoms with Crippen molar-refractivity contribution in [1.29, 1.82) is 5.26 Å². The summed E-state index contributed by atoms with van der Waals surface area (Å²) < 4.78 is 0. The first kappa shape index (κ1) is 30.0. The van der Waals surface area contributed by atoms with Crippen LogP contribution in [0.5, 0.6) is 0 Å². The van der Waals surface area contributed by atoms with Crippen molar-refractivity contribution in [3.63, 3.8) is 0 Å². The maximum Gasteiger partial charge on any atom is 0.160 e. The van der Waals surface area contributed by atoms with Crippen molar-refractivity contribution in [3.8, 4) is 73.4 Å². The van der Waals surface area contributed by atoms with Crippen LogP contribution >= 0.6 is 0 Å². The molecule has 1 saturated carbocycles. The lowest BCUT2D eigenvalue weighted by atomic mass is 9.67. The second kappa shape index (κ2) is 12.4. The molecule has 0 unspecified atom stereocenters. The molecule has 3 nitrogen and oxygen atoms in total. The van der Waals surface area contributed by atoms with Crippen molar-refractivity contribution < 1.29 is 0 Å². The van der Waals surface area contributed by atoms with Crippen molar-refractivity contribution in [2.45, 2.75) is 37.5 Å². The first-order valence-electron chi connectivity index (χ1n) is 17.6. The molecule has 0 amide bonds. The molecule has 0 radical (unpaired) electrons. The summed E-state index contributed by atoms with van der Waals surface area (Å²) >= 11 is 0. The minimum Gasteiger partial charge on any atom is -0.228 e. The average Bonchev–Trinajstić information content (AvgIpc) is 3.45. The Morgan fingerprint density at radius 1 is 0.440 bits per heavy atom. The molecule has 0 saturated heterocycles. The van der Waals surface area contributed by atoms with Crippen molar-refractivity contribution in [2.24, 2.45) is 0 Å². The Kier molecular flexibility index (Phi) is 7.44. The Hall–Kier alpha value is -6.11. The Balaban J connectivity index is 1.20. The van der Waals surface area contributed by atoms with Gasteiger partial charge in [-0.1, -0.05) is 141 Å². The quantitative estimate of drug-likeness (QED) is 0.188. The van der Waals surface area contributed by atoms with Gasteiger partial charge in [0.25, 0.3) is 0 Å². The van der Waals surface area contributed by atoms with Crippen LogP contribution in [0, 0.1) is 11.3 Å². The van der Waals surface area contributed by atoms with E-state index in [0.29, 0.717) is 5.82 Å². The van der Waals surface area contributed by atoms with E-state index in [2.05, 4.69) is 127 Å². The first-order chi connectivity index (χ1) is 24.7. The minimum atomic E-state index is -0.00570. The summed E-state index contributed by atoms with van der Waals surface area (Å²) in [5.41, 5.74) is 15.6. The molecule has 3 heteroatoms. The molecule has 50 heavy (non-hydrogen) atoms. The second-order valence-corrected chi connectivity index (χ2v) is 13.6. The summed E-state index contributed by atoms with van der Waals surface area (Å²) in [4.78, 5) is 10.4. The molecule has 0 bridgehead atoms. The van der Waals surface area contributed by atoms with Crippen LogP contribution in [0.1, 0.15) is 48.8 Å². The SMILES string of the molecule is N#Cc1ccc2c(c1)C1(CCCCC1)c1ccc(-c3ccccc3-c3cc(-c4cccc(-c5ccccc5)c4)nc(-c4ccccc4)n3)cc1-2. The van der Waals surface area contributed by atoms with Crippen LogP contribution in [-0.4, -0.2) is 9.97 Å². The van der Waals surface area contributed by atoms with Gasteiger partial charge in [-0.05, 0) is 87.7 Å². The van der Waals surface area contributed by atoms with E-state index in [-0.39, 0.29) is 5.41 Å². The van der Waals surface area contributed by atoms with Crippen LogP contribution in [0.25, 0.3) is 67.3 Å². The Morgan fingerprint density at radius 3 is 1.90 bits per heavy atom. The smallest absolute Gasteiger partial charge is 0.160 e. The third-order valence-electron chi connectivity index (χ3n) is 10.7. The van der Waals surface area contributed by atoms with E-state index in [4.69, 9.17) is 9.97 Å². The molecule has 1 heterocycles. The summed E-state index contributed by atoms with van der Waals surface area (Å²) in [6.45, 7) is 0. The van der Waals surface area contributed by atoms with Gasteiger partial charge in [-0.15, -0.1) is 0 Å². The molecule has 7 aromatic rings.